The number of isothiocyanates is 1. The van der Waals surface area contributed by atoms with E-state index in [9.17, 15) is 5.11 Å². The summed E-state index contributed by atoms with van der Waals surface area (Å²) in [5.41, 5.74) is 2.16. The first-order valence-corrected chi connectivity index (χ1v) is 5.04. The molecule has 0 aliphatic carbocycles. The standard InChI is InChI=1S/C11H10N2OS/c14-9-1-2-11-10(5-9)8(6-13-11)3-4-12-7-15/h1-2,5-6,13-14H,3-4H2. The molecule has 2 N–H and O–H groups in total. The maximum Gasteiger partial charge on any atom is 0.116 e. The summed E-state index contributed by atoms with van der Waals surface area (Å²) in [7, 11) is 0. The van der Waals surface area contributed by atoms with Crippen LogP contribution in [0.2, 0.25) is 0 Å². The lowest BCUT2D eigenvalue weighted by Gasteiger charge is -1.96. The molecule has 0 bridgehead atoms. The van der Waals surface area contributed by atoms with Gasteiger partial charge in [-0.2, -0.15) is 0 Å². The molecule has 0 spiro atoms. The smallest absolute Gasteiger partial charge is 0.116 e. The van der Waals surface area contributed by atoms with Gasteiger partial charge in [-0.1, -0.05) is 0 Å². The minimum Gasteiger partial charge on any atom is -0.508 e. The number of aromatic nitrogens is 1. The van der Waals surface area contributed by atoms with E-state index < -0.39 is 0 Å². The van der Waals surface area contributed by atoms with Crippen molar-refractivity contribution < 1.29 is 5.11 Å². The second kappa shape index (κ2) is 4.26. The van der Waals surface area contributed by atoms with Crippen LogP contribution in [0.3, 0.4) is 0 Å². The van der Waals surface area contributed by atoms with E-state index in [0.29, 0.717) is 6.54 Å². The Labute approximate surface area is 92.5 Å². The van der Waals surface area contributed by atoms with Gasteiger partial charge in [-0.15, -0.1) is 0 Å². The second-order valence-corrected chi connectivity index (χ2v) is 3.45. The van der Waals surface area contributed by atoms with Crippen molar-refractivity contribution in [3.05, 3.63) is 30.0 Å². The van der Waals surface area contributed by atoms with E-state index in [1.54, 1.807) is 12.1 Å². The van der Waals surface area contributed by atoms with Crippen molar-refractivity contribution in [3.63, 3.8) is 0 Å². The number of nitrogens with one attached hydrogen (secondary N) is 1. The summed E-state index contributed by atoms with van der Waals surface area (Å²) in [6.45, 7) is 0.631. The average Bonchev–Trinajstić information content (AvgIpc) is 2.62. The van der Waals surface area contributed by atoms with Crippen molar-refractivity contribution in [2.45, 2.75) is 6.42 Å². The molecule has 15 heavy (non-hydrogen) atoms. The highest BCUT2D eigenvalue weighted by molar-refractivity contribution is 7.78. The molecule has 0 atom stereocenters. The Bertz CT molecular complexity index is 526. The average molecular weight is 218 g/mol. The molecule has 3 nitrogen and oxygen atoms in total. The summed E-state index contributed by atoms with van der Waals surface area (Å²) in [6.07, 6.45) is 2.73. The number of aromatic amines is 1. The number of hydrogen-bond acceptors (Lipinski definition) is 3. The van der Waals surface area contributed by atoms with Crippen molar-refractivity contribution >= 4 is 28.3 Å². The zero-order valence-corrected chi connectivity index (χ0v) is 8.84. The molecule has 0 saturated carbocycles. The summed E-state index contributed by atoms with van der Waals surface area (Å²) >= 11 is 4.50. The van der Waals surface area contributed by atoms with Crippen LogP contribution in [0.1, 0.15) is 5.56 Å². The third-order valence-electron chi connectivity index (χ3n) is 2.31. The minimum absolute atomic E-state index is 0.279. The first-order valence-electron chi connectivity index (χ1n) is 4.64. The molecule has 1 aromatic heterocycles. The normalized spacial score (nSPS) is 10.1. The third kappa shape index (κ3) is 2.06. The van der Waals surface area contributed by atoms with Crippen LogP contribution in [0.25, 0.3) is 10.9 Å². The summed E-state index contributed by atoms with van der Waals surface area (Å²) in [5.74, 6) is 0.279. The lowest BCUT2D eigenvalue weighted by Crippen LogP contribution is -1.86. The maximum absolute atomic E-state index is 9.38. The Morgan fingerprint density at radius 2 is 2.33 bits per heavy atom. The summed E-state index contributed by atoms with van der Waals surface area (Å²) in [4.78, 5) is 7.01. The van der Waals surface area contributed by atoms with E-state index in [4.69, 9.17) is 0 Å². The van der Waals surface area contributed by atoms with Crippen LogP contribution in [0, 0.1) is 0 Å². The molecule has 2 aromatic rings. The Kier molecular flexibility index (Phi) is 2.81. The van der Waals surface area contributed by atoms with E-state index in [2.05, 4.69) is 27.4 Å². The van der Waals surface area contributed by atoms with Gasteiger partial charge < -0.3 is 10.1 Å². The third-order valence-corrected chi connectivity index (χ3v) is 2.44. The Hall–Kier alpha value is -1.64. The molecule has 0 aliphatic heterocycles. The number of rotatable bonds is 3. The summed E-state index contributed by atoms with van der Waals surface area (Å²) in [6, 6.07) is 5.27. The monoisotopic (exact) mass is 218 g/mol. The number of hydrogen-bond donors (Lipinski definition) is 2. The van der Waals surface area contributed by atoms with Gasteiger partial charge in [0.05, 0.1) is 11.7 Å². The zero-order chi connectivity index (χ0) is 10.7. The van der Waals surface area contributed by atoms with Gasteiger partial charge in [-0.3, -0.25) is 0 Å². The molecule has 0 unspecified atom stereocenters. The first-order chi connectivity index (χ1) is 7.31. The predicted octanol–water partition coefficient (Wildman–Crippen LogP) is 2.52. The molecule has 1 heterocycles. The zero-order valence-electron chi connectivity index (χ0n) is 8.03. The van der Waals surface area contributed by atoms with Crippen LogP contribution in [-0.2, 0) is 6.42 Å². The van der Waals surface area contributed by atoms with E-state index in [1.165, 1.54) is 0 Å². The maximum atomic E-state index is 9.38. The second-order valence-electron chi connectivity index (χ2n) is 3.27. The summed E-state index contributed by atoms with van der Waals surface area (Å²) in [5, 5.41) is 12.8. The number of fused-ring (bicyclic) bond motifs is 1. The van der Waals surface area contributed by atoms with E-state index in [-0.39, 0.29) is 5.75 Å². The number of aromatic hydroxyl groups is 1. The molecule has 2 rings (SSSR count). The molecular weight excluding hydrogens is 208 g/mol. The van der Waals surface area contributed by atoms with Gasteiger partial charge in [0.2, 0.25) is 0 Å². The largest absolute Gasteiger partial charge is 0.508 e. The predicted molar refractivity (Wildman–Crippen MR) is 63.6 cm³/mol. The lowest BCUT2D eigenvalue weighted by atomic mass is 10.1. The van der Waals surface area contributed by atoms with Crippen LogP contribution in [0.15, 0.2) is 29.4 Å². The van der Waals surface area contributed by atoms with Gasteiger partial charge >= 0.3 is 0 Å². The number of phenols is 1. The van der Waals surface area contributed by atoms with Gasteiger partial charge in [-0.25, -0.2) is 4.99 Å². The van der Waals surface area contributed by atoms with Crippen molar-refractivity contribution in [2.24, 2.45) is 4.99 Å². The fourth-order valence-electron chi connectivity index (χ4n) is 1.60. The minimum atomic E-state index is 0.279. The summed E-state index contributed by atoms with van der Waals surface area (Å²) < 4.78 is 0. The van der Waals surface area contributed by atoms with Gasteiger partial charge in [0.1, 0.15) is 5.75 Å². The molecule has 0 radical (unpaired) electrons. The van der Waals surface area contributed by atoms with E-state index in [1.807, 2.05) is 12.3 Å². The fraction of sp³-hybridized carbons (Fsp3) is 0.182. The van der Waals surface area contributed by atoms with Gasteiger partial charge in [0.15, 0.2) is 0 Å². The number of thiocarbonyl (C=S) groups is 1. The highest BCUT2D eigenvalue weighted by atomic mass is 32.1. The van der Waals surface area contributed by atoms with Gasteiger partial charge in [0, 0.05) is 17.1 Å². The van der Waals surface area contributed by atoms with Crippen LogP contribution in [-0.4, -0.2) is 21.8 Å². The topological polar surface area (TPSA) is 48.4 Å². The van der Waals surface area contributed by atoms with Gasteiger partial charge in [0.25, 0.3) is 0 Å². The highest BCUT2D eigenvalue weighted by Gasteiger charge is 2.03. The number of phenolic OH excluding ortho intramolecular Hbond substituents is 1. The molecule has 0 fully saturated rings. The Balaban J connectivity index is 2.34. The molecule has 0 amide bonds. The number of nitrogens with zero attached hydrogens (tertiary/aromatic N) is 1. The van der Waals surface area contributed by atoms with Crippen molar-refractivity contribution in [1.29, 1.82) is 0 Å². The number of aliphatic imine (C=N–C) groups is 1. The molecule has 1 aromatic carbocycles. The lowest BCUT2D eigenvalue weighted by molar-refractivity contribution is 0.476. The fourth-order valence-corrected chi connectivity index (χ4v) is 1.69. The molecule has 0 aliphatic rings. The van der Waals surface area contributed by atoms with Crippen molar-refractivity contribution in [2.75, 3.05) is 6.54 Å². The molecular formula is C11H10N2OS. The first kappa shape index (κ1) is 9.90. The van der Waals surface area contributed by atoms with Crippen molar-refractivity contribution in [3.8, 4) is 5.75 Å². The Morgan fingerprint density at radius 1 is 1.47 bits per heavy atom. The van der Waals surface area contributed by atoms with Gasteiger partial charge in [-0.05, 0) is 42.4 Å². The molecule has 4 heteroatoms. The molecule has 76 valence electrons. The SMILES string of the molecule is Oc1ccc2[nH]cc(CCN=C=S)c2c1. The Morgan fingerprint density at radius 3 is 3.13 bits per heavy atom. The quantitative estimate of drug-likeness (QED) is 0.614. The number of benzene rings is 1. The van der Waals surface area contributed by atoms with Crippen LogP contribution < -0.4 is 0 Å². The van der Waals surface area contributed by atoms with Crippen LogP contribution in [0.5, 0.6) is 5.75 Å². The van der Waals surface area contributed by atoms with Crippen LogP contribution >= 0.6 is 12.2 Å². The van der Waals surface area contributed by atoms with Crippen molar-refractivity contribution in [1.82, 2.24) is 4.98 Å². The molecule has 0 saturated heterocycles. The number of H-pyrrole nitrogens is 1. The van der Waals surface area contributed by atoms with E-state index in [0.717, 1.165) is 22.9 Å². The van der Waals surface area contributed by atoms with Crippen LogP contribution in [0.4, 0.5) is 0 Å². The van der Waals surface area contributed by atoms with E-state index >= 15 is 0 Å². The highest BCUT2D eigenvalue weighted by Crippen LogP contribution is 2.23.